The third kappa shape index (κ3) is 3.77. The summed E-state index contributed by atoms with van der Waals surface area (Å²) in [7, 11) is 0. The highest BCUT2D eigenvalue weighted by atomic mass is 16.4. The van der Waals surface area contributed by atoms with Gasteiger partial charge in [0.05, 0.1) is 0 Å². The number of carboxylic acid groups (broad SMARTS) is 1. The lowest BCUT2D eigenvalue weighted by atomic mass is 9.97. The van der Waals surface area contributed by atoms with Crippen molar-refractivity contribution in [2.75, 3.05) is 13.1 Å². The van der Waals surface area contributed by atoms with E-state index >= 15 is 0 Å². The van der Waals surface area contributed by atoms with Gasteiger partial charge in [-0.05, 0) is 37.3 Å². The number of hydrogen-bond donors (Lipinski definition) is 1. The molecular weight excluding hydrogens is 244 g/mol. The summed E-state index contributed by atoms with van der Waals surface area (Å²) in [5.74, 6) is -0.551. The van der Waals surface area contributed by atoms with E-state index in [1.165, 1.54) is 0 Å². The molecule has 1 saturated heterocycles. The molecule has 1 amide bonds. The molecule has 0 bridgehead atoms. The molecule has 1 aliphatic heterocycles. The van der Waals surface area contributed by atoms with Crippen LogP contribution in [-0.2, 0) is 4.79 Å². The van der Waals surface area contributed by atoms with Gasteiger partial charge in [0.25, 0.3) is 5.91 Å². The van der Waals surface area contributed by atoms with Crippen LogP contribution in [0.3, 0.4) is 0 Å². The molecule has 0 spiro atoms. The molecule has 0 radical (unpaired) electrons. The van der Waals surface area contributed by atoms with Gasteiger partial charge in [0.2, 0.25) is 0 Å². The molecule has 5 heteroatoms. The second kappa shape index (κ2) is 6.31. The highest BCUT2D eigenvalue weighted by Gasteiger charge is 2.22. The summed E-state index contributed by atoms with van der Waals surface area (Å²) in [6, 6.07) is 3.42. The zero-order valence-electron chi connectivity index (χ0n) is 10.8. The van der Waals surface area contributed by atoms with E-state index < -0.39 is 5.97 Å². The average Bonchev–Trinajstić information content (AvgIpc) is 2.64. The maximum atomic E-state index is 12.3. The maximum Gasteiger partial charge on any atom is 0.303 e. The van der Waals surface area contributed by atoms with E-state index in [-0.39, 0.29) is 18.2 Å². The van der Waals surface area contributed by atoms with Crippen LogP contribution in [0.15, 0.2) is 24.5 Å². The molecule has 102 valence electrons. The van der Waals surface area contributed by atoms with Crippen LogP contribution in [0.2, 0.25) is 0 Å². The lowest BCUT2D eigenvalue weighted by Gasteiger charge is -2.20. The number of amides is 1. The maximum absolute atomic E-state index is 12.3. The van der Waals surface area contributed by atoms with Crippen molar-refractivity contribution in [1.82, 2.24) is 9.88 Å². The molecule has 0 aromatic carbocycles. The Labute approximate surface area is 112 Å². The Hall–Kier alpha value is -1.91. The molecule has 5 nitrogen and oxygen atoms in total. The number of carbonyl (C=O) groups is 2. The minimum Gasteiger partial charge on any atom is -0.481 e. The normalized spacial score (nSPS) is 19.8. The molecule has 1 N–H and O–H groups in total. The van der Waals surface area contributed by atoms with E-state index in [1.807, 2.05) is 4.90 Å². The molecule has 0 aliphatic carbocycles. The van der Waals surface area contributed by atoms with Crippen LogP contribution in [0.25, 0.3) is 0 Å². The summed E-state index contributed by atoms with van der Waals surface area (Å²) >= 11 is 0. The lowest BCUT2D eigenvalue weighted by Crippen LogP contribution is -2.32. The molecule has 1 atom stereocenters. The van der Waals surface area contributed by atoms with Crippen molar-refractivity contribution in [3.8, 4) is 0 Å². The Morgan fingerprint density at radius 3 is 2.68 bits per heavy atom. The molecule has 0 saturated carbocycles. The van der Waals surface area contributed by atoms with Crippen molar-refractivity contribution in [2.45, 2.75) is 25.7 Å². The van der Waals surface area contributed by atoms with Gasteiger partial charge in [-0.25, -0.2) is 0 Å². The third-order valence-corrected chi connectivity index (χ3v) is 3.53. The Bertz CT molecular complexity index is 447. The molecule has 1 fully saturated rings. The van der Waals surface area contributed by atoms with Gasteiger partial charge in [-0.1, -0.05) is 0 Å². The standard InChI is InChI=1S/C14H18N2O3/c17-13(18)10-11-2-1-8-16(9-5-11)14(19)12-3-6-15-7-4-12/h3-4,6-7,11H,1-2,5,8-10H2,(H,17,18)/t11-/m0/s1. The smallest absolute Gasteiger partial charge is 0.303 e. The van der Waals surface area contributed by atoms with Crippen molar-refractivity contribution in [3.05, 3.63) is 30.1 Å². The van der Waals surface area contributed by atoms with E-state index in [9.17, 15) is 9.59 Å². The van der Waals surface area contributed by atoms with Crippen molar-refractivity contribution < 1.29 is 14.7 Å². The Morgan fingerprint density at radius 1 is 1.26 bits per heavy atom. The van der Waals surface area contributed by atoms with Gasteiger partial charge in [-0.2, -0.15) is 0 Å². The number of nitrogens with zero attached hydrogens (tertiary/aromatic N) is 2. The molecule has 19 heavy (non-hydrogen) atoms. The third-order valence-electron chi connectivity index (χ3n) is 3.53. The summed E-state index contributed by atoms with van der Waals surface area (Å²) in [6.45, 7) is 1.34. The topological polar surface area (TPSA) is 70.5 Å². The second-order valence-electron chi connectivity index (χ2n) is 4.92. The van der Waals surface area contributed by atoms with Gasteiger partial charge >= 0.3 is 5.97 Å². The van der Waals surface area contributed by atoms with Crippen LogP contribution < -0.4 is 0 Å². The highest BCUT2D eigenvalue weighted by molar-refractivity contribution is 5.94. The van der Waals surface area contributed by atoms with E-state index in [4.69, 9.17) is 5.11 Å². The lowest BCUT2D eigenvalue weighted by molar-refractivity contribution is -0.138. The summed E-state index contributed by atoms with van der Waals surface area (Å²) in [5.41, 5.74) is 0.645. The zero-order valence-corrected chi connectivity index (χ0v) is 10.8. The van der Waals surface area contributed by atoms with Crippen LogP contribution in [-0.4, -0.2) is 40.0 Å². The number of rotatable bonds is 3. The molecule has 1 aromatic heterocycles. The van der Waals surface area contributed by atoms with Crippen molar-refractivity contribution in [3.63, 3.8) is 0 Å². The summed E-state index contributed by atoms with van der Waals surface area (Å²) in [5, 5.41) is 8.82. The van der Waals surface area contributed by atoms with Crippen LogP contribution in [0.5, 0.6) is 0 Å². The van der Waals surface area contributed by atoms with Crippen molar-refractivity contribution in [1.29, 1.82) is 0 Å². The van der Waals surface area contributed by atoms with E-state index in [2.05, 4.69) is 4.98 Å². The number of pyridine rings is 1. The van der Waals surface area contributed by atoms with Gasteiger partial charge < -0.3 is 10.0 Å². The van der Waals surface area contributed by atoms with E-state index in [0.29, 0.717) is 18.7 Å². The first-order valence-electron chi connectivity index (χ1n) is 6.58. The first kappa shape index (κ1) is 13.5. The van der Waals surface area contributed by atoms with Gasteiger partial charge in [0, 0.05) is 37.5 Å². The second-order valence-corrected chi connectivity index (χ2v) is 4.92. The predicted octanol–water partition coefficient (Wildman–Crippen LogP) is 1.80. The first-order chi connectivity index (χ1) is 9.16. The molecule has 0 unspecified atom stereocenters. The van der Waals surface area contributed by atoms with Crippen molar-refractivity contribution >= 4 is 11.9 Å². The summed E-state index contributed by atoms with van der Waals surface area (Å²) in [4.78, 5) is 28.7. The monoisotopic (exact) mass is 262 g/mol. The number of hydrogen-bond acceptors (Lipinski definition) is 3. The Balaban J connectivity index is 1.96. The number of carboxylic acids is 1. The number of carbonyl (C=O) groups excluding carboxylic acids is 1. The number of likely N-dealkylation sites (tertiary alicyclic amines) is 1. The first-order valence-corrected chi connectivity index (χ1v) is 6.58. The largest absolute Gasteiger partial charge is 0.481 e. The minimum atomic E-state index is -0.751. The molecule has 1 aromatic rings. The van der Waals surface area contributed by atoms with Crippen LogP contribution >= 0.6 is 0 Å². The van der Waals surface area contributed by atoms with Crippen LogP contribution in [0.1, 0.15) is 36.0 Å². The molecular formula is C14H18N2O3. The fourth-order valence-corrected chi connectivity index (χ4v) is 2.50. The van der Waals surface area contributed by atoms with Gasteiger partial charge in [-0.3, -0.25) is 14.6 Å². The van der Waals surface area contributed by atoms with Gasteiger partial charge in [-0.15, -0.1) is 0 Å². The van der Waals surface area contributed by atoms with Crippen LogP contribution in [0, 0.1) is 5.92 Å². The Morgan fingerprint density at radius 2 is 2.00 bits per heavy atom. The molecule has 2 heterocycles. The zero-order chi connectivity index (χ0) is 13.7. The molecule has 2 rings (SSSR count). The van der Waals surface area contributed by atoms with Gasteiger partial charge in [0.1, 0.15) is 0 Å². The Kier molecular flexibility index (Phi) is 4.49. The van der Waals surface area contributed by atoms with E-state index in [1.54, 1.807) is 24.5 Å². The number of aliphatic carboxylic acids is 1. The fraction of sp³-hybridized carbons (Fsp3) is 0.500. The SMILES string of the molecule is O=C(O)C[C@H]1CCCN(C(=O)c2ccncc2)CC1. The quantitative estimate of drug-likeness (QED) is 0.901. The van der Waals surface area contributed by atoms with Crippen molar-refractivity contribution in [2.24, 2.45) is 5.92 Å². The fourth-order valence-electron chi connectivity index (χ4n) is 2.50. The summed E-state index contributed by atoms with van der Waals surface area (Å²) in [6.07, 6.45) is 5.94. The predicted molar refractivity (Wildman–Crippen MR) is 69.7 cm³/mol. The van der Waals surface area contributed by atoms with E-state index in [0.717, 1.165) is 19.3 Å². The summed E-state index contributed by atoms with van der Waals surface area (Å²) < 4.78 is 0. The highest BCUT2D eigenvalue weighted by Crippen LogP contribution is 2.21. The minimum absolute atomic E-state index is 0.0124. The molecule has 1 aliphatic rings. The number of aromatic nitrogens is 1. The average molecular weight is 262 g/mol. The van der Waals surface area contributed by atoms with Crippen LogP contribution in [0.4, 0.5) is 0 Å². The van der Waals surface area contributed by atoms with Gasteiger partial charge in [0.15, 0.2) is 0 Å².